The Kier molecular flexibility index (Phi) is 12.0. The number of aliphatic hydroxyl groups excluding tert-OH is 1. The first kappa shape index (κ1) is 27.1. The Morgan fingerprint density at radius 2 is 1.37 bits per heavy atom. The molecule has 0 aliphatic rings. The number of carbonyl (C=O) groups excluding carboxylic acids is 4. The quantitative estimate of drug-likeness (QED) is 0.114. The maximum atomic E-state index is 12.3. The number of nitrogens with two attached hydrogens (primary N) is 2. The molecule has 0 aromatic carbocycles. The predicted molar refractivity (Wildman–Crippen MR) is 103 cm³/mol. The van der Waals surface area contributed by atoms with Crippen molar-refractivity contribution in [3.63, 3.8) is 0 Å². The van der Waals surface area contributed by atoms with Crippen LogP contribution in [-0.4, -0.2) is 87.4 Å². The number of amides is 4. The fourth-order valence-corrected chi connectivity index (χ4v) is 2.27. The number of primary amides is 1. The van der Waals surface area contributed by atoms with Crippen LogP contribution < -0.4 is 27.4 Å². The zero-order valence-electron chi connectivity index (χ0n) is 15.7. The summed E-state index contributed by atoms with van der Waals surface area (Å²) < 4.78 is 0. The van der Waals surface area contributed by atoms with Crippen molar-refractivity contribution in [2.75, 3.05) is 12.4 Å². The van der Waals surface area contributed by atoms with Crippen LogP contribution in [0.4, 0.5) is 0 Å². The summed E-state index contributed by atoms with van der Waals surface area (Å²) >= 11 is 3.91. The molecule has 0 rings (SSSR count). The van der Waals surface area contributed by atoms with Gasteiger partial charge in [0.15, 0.2) is 0 Å². The van der Waals surface area contributed by atoms with Crippen LogP contribution in [0.1, 0.15) is 19.3 Å². The smallest absolute Gasteiger partial charge is 0.326 e. The molecule has 0 aromatic heterocycles. The van der Waals surface area contributed by atoms with Crippen LogP contribution in [0.5, 0.6) is 0 Å². The van der Waals surface area contributed by atoms with E-state index in [2.05, 4.69) is 23.3 Å². The largest absolute Gasteiger partial charge is 0.481 e. The molecule has 14 nitrogen and oxygen atoms in total. The number of carboxylic acid groups (broad SMARTS) is 2. The number of carboxylic acids is 2. The van der Waals surface area contributed by atoms with E-state index < -0.39 is 72.8 Å². The van der Waals surface area contributed by atoms with Gasteiger partial charge in [-0.1, -0.05) is 0 Å². The Hall–Kier alpha value is -2.91. The van der Waals surface area contributed by atoms with Crippen molar-refractivity contribution in [3.05, 3.63) is 0 Å². The zero-order valence-corrected chi connectivity index (χ0v) is 16.6. The van der Waals surface area contributed by atoms with Crippen LogP contribution >= 0.6 is 12.6 Å². The second-order valence-corrected chi connectivity index (χ2v) is 6.46. The van der Waals surface area contributed by atoms with Gasteiger partial charge in [-0.2, -0.15) is 12.6 Å². The molecular weight excluding hydrogens is 426 g/mol. The van der Waals surface area contributed by atoms with Crippen molar-refractivity contribution in [1.29, 1.82) is 0 Å². The summed E-state index contributed by atoms with van der Waals surface area (Å²) in [7, 11) is 0. The van der Waals surface area contributed by atoms with Gasteiger partial charge in [0, 0.05) is 12.2 Å². The van der Waals surface area contributed by atoms with Crippen LogP contribution in [0.3, 0.4) is 0 Å². The maximum absolute atomic E-state index is 12.3. The fraction of sp³-hybridized carbons (Fsp3) is 0.600. The van der Waals surface area contributed by atoms with Crippen LogP contribution in [-0.2, 0) is 28.8 Å². The molecule has 0 heterocycles. The molecule has 0 aliphatic carbocycles. The highest BCUT2D eigenvalue weighted by Gasteiger charge is 2.30. The van der Waals surface area contributed by atoms with E-state index >= 15 is 0 Å². The third kappa shape index (κ3) is 10.0. The van der Waals surface area contributed by atoms with E-state index in [1.165, 1.54) is 0 Å². The molecule has 4 unspecified atom stereocenters. The third-order valence-electron chi connectivity index (χ3n) is 3.66. The van der Waals surface area contributed by atoms with Gasteiger partial charge >= 0.3 is 11.9 Å². The Morgan fingerprint density at radius 3 is 1.80 bits per heavy atom. The molecule has 0 aliphatic heterocycles. The molecule has 4 atom stereocenters. The van der Waals surface area contributed by atoms with Gasteiger partial charge < -0.3 is 42.7 Å². The lowest BCUT2D eigenvalue weighted by Gasteiger charge is -2.23. The molecule has 4 amide bonds. The number of carbonyl (C=O) groups is 6. The van der Waals surface area contributed by atoms with Crippen molar-refractivity contribution in [2.24, 2.45) is 11.5 Å². The first-order chi connectivity index (χ1) is 13.9. The van der Waals surface area contributed by atoms with Gasteiger partial charge in [-0.25, -0.2) is 4.79 Å². The predicted octanol–water partition coefficient (Wildman–Crippen LogP) is -4.48. The SMILES string of the molecule is NC(=O)CCC(N)C(=O)NC(CS)C(=O)NC(CO)C(=O)NC(CC(=O)O)C(=O)O. The minimum atomic E-state index is -1.79. The lowest BCUT2D eigenvalue weighted by molar-refractivity contribution is -0.147. The van der Waals surface area contributed by atoms with Crippen LogP contribution in [0.25, 0.3) is 0 Å². The van der Waals surface area contributed by atoms with Crippen LogP contribution in [0.2, 0.25) is 0 Å². The van der Waals surface area contributed by atoms with Crippen LogP contribution in [0, 0.1) is 0 Å². The number of rotatable bonds is 14. The molecule has 0 saturated carbocycles. The lowest BCUT2D eigenvalue weighted by atomic mass is 10.1. The molecule has 0 spiro atoms. The highest BCUT2D eigenvalue weighted by Crippen LogP contribution is 1.99. The zero-order chi connectivity index (χ0) is 23.4. The number of aliphatic hydroxyl groups is 1. The van der Waals surface area contributed by atoms with Crippen molar-refractivity contribution in [2.45, 2.75) is 43.4 Å². The van der Waals surface area contributed by atoms with Gasteiger partial charge in [-0.15, -0.1) is 0 Å². The molecule has 0 saturated heterocycles. The summed E-state index contributed by atoms with van der Waals surface area (Å²) in [6.07, 6.45) is -1.14. The first-order valence-electron chi connectivity index (χ1n) is 8.54. The minimum Gasteiger partial charge on any atom is -0.481 e. The van der Waals surface area contributed by atoms with Crippen molar-refractivity contribution >= 4 is 48.2 Å². The summed E-state index contributed by atoms with van der Waals surface area (Å²) in [6.45, 7) is -0.942. The fourth-order valence-electron chi connectivity index (χ4n) is 2.02. The number of nitrogens with one attached hydrogen (secondary N) is 3. The summed E-state index contributed by atoms with van der Waals surface area (Å²) in [4.78, 5) is 68.8. The van der Waals surface area contributed by atoms with Crippen molar-refractivity contribution in [1.82, 2.24) is 16.0 Å². The highest BCUT2D eigenvalue weighted by molar-refractivity contribution is 7.80. The van der Waals surface area contributed by atoms with E-state index in [0.29, 0.717) is 0 Å². The molecule has 0 radical (unpaired) electrons. The molecule has 10 N–H and O–H groups in total. The van der Waals surface area contributed by atoms with Crippen molar-refractivity contribution < 1.29 is 44.1 Å². The van der Waals surface area contributed by atoms with E-state index in [4.69, 9.17) is 21.7 Å². The number of hydrogen-bond acceptors (Lipinski definition) is 9. The van der Waals surface area contributed by atoms with Gasteiger partial charge in [0.2, 0.25) is 23.6 Å². The van der Waals surface area contributed by atoms with Crippen molar-refractivity contribution in [3.8, 4) is 0 Å². The number of thiol groups is 1. The second kappa shape index (κ2) is 13.3. The monoisotopic (exact) mass is 451 g/mol. The summed E-state index contributed by atoms with van der Waals surface area (Å²) in [6, 6.07) is -5.84. The average molecular weight is 451 g/mol. The lowest BCUT2D eigenvalue weighted by Crippen LogP contribution is -2.58. The molecule has 0 aromatic rings. The van der Waals surface area contributed by atoms with Gasteiger partial charge in [-0.05, 0) is 6.42 Å². The topological polar surface area (TPSA) is 251 Å². The van der Waals surface area contributed by atoms with Gasteiger partial charge in [0.1, 0.15) is 18.1 Å². The van der Waals surface area contributed by atoms with Gasteiger partial charge in [-0.3, -0.25) is 24.0 Å². The standard InChI is InChI=1S/C15H25N5O9S/c16-6(1-2-10(17)22)12(25)20-9(5-30)14(27)19-8(4-21)13(26)18-7(15(28)29)3-11(23)24/h6-9,21,30H,1-5,16H2,(H2,17,22)(H,18,26)(H,19,27)(H,20,25)(H,23,24)(H,28,29). The maximum Gasteiger partial charge on any atom is 0.326 e. The Balaban J connectivity index is 4.97. The average Bonchev–Trinajstić information content (AvgIpc) is 2.66. The van der Waals surface area contributed by atoms with Gasteiger partial charge in [0.05, 0.1) is 19.1 Å². The van der Waals surface area contributed by atoms with E-state index in [0.717, 1.165) is 0 Å². The summed E-state index contributed by atoms with van der Waals surface area (Å²) in [5, 5.41) is 33.1. The van der Waals surface area contributed by atoms with E-state index in [9.17, 15) is 33.9 Å². The number of hydrogen-bond donors (Lipinski definition) is 9. The second-order valence-electron chi connectivity index (χ2n) is 6.10. The molecular formula is C15H25N5O9S. The Bertz CT molecular complexity index is 675. The molecule has 0 fully saturated rings. The molecule has 15 heteroatoms. The van der Waals surface area contributed by atoms with E-state index in [-0.39, 0.29) is 18.6 Å². The molecule has 30 heavy (non-hydrogen) atoms. The van der Waals surface area contributed by atoms with Gasteiger partial charge in [0.25, 0.3) is 0 Å². The summed E-state index contributed by atoms with van der Waals surface area (Å²) in [5.74, 6) is -6.89. The van der Waals surface area contributed by atoms with E-state index in [1.54, 1.807) is 0 Å². The van der Waals surface area contributed by atoms with Crippen LogP contribution in [0.15, 0.2) is 0 Å². The molecule has 0 bridgehead atoms. The minimum absolute atomic E-state index is 0.0656. The molecule has 170 valence electrons. The normalized spacial score (nSPS) is 14.5. The first-order valence-corrected chi connectivity index (χ1v) is 9.17. The Morgan fingerprint density at radius 1 is 0.867 bits per heavy atom. The third-order valence-corrected chi connectivity index (χ3v) is 4.03. The van der Waals surface area contributed by atoms with E-state index in [1.807, 2.05) is 5.32 Å². The Labute approximate surface area is 176 Å². The number of aliphatic carboxylic acids is 2. The highest BCUT2D eigenvalue weighted by atomic mass is 32.1. The summed E-state index contributed by atoms with van der Waals surface area (Å²) in [5.41, 5.74) is 10.5.